The van der Waals surface area contributed by atoms with E-state index in [1.165, 1.54) is 19.1 Å². The Bertz CT molecular complexity index is 1060. The molecule has 3 rings (SSSR count). The van der Waals surface area contributed by atoms with Crippen LogP contribution in [0, 0.1) is 5.92 Å². The van der Waals surface area contributed by atoms with E-state index in [9.17, 15) is 35.9 Å². The minimum Gasteiger partial charge on any atom is -0.494 e. The monoisotopic (exact) mass is 535 g/mol. The first-order valence-corrected chi connectivity index (χ1v) is 12.2. The second-order valence-corrected chi connectivity index (χ2v) is 10.2. The summed E-state index contributed by atoms with van der Waals surface area (Å²) in [6.07, 6.45) is -10.4. The maximum atomic E-state index is 14.3. The maximum Gasteiger partial charge on any atom is 0.420 e. The number of carboxylic acids is 1. The van der Waals surface area contributed by atoms with Crippen LogP contribution in [0.1, 0.15) is 88.3 Å². The number of allylic oxidation sites excluding steroid dienone is 2. The molecule has 0 saturated heterocycles. The van der Waals surface area contributed by atoms with Crippen LogP contribution in [-0.4, -0.2) is 35.4 Å². The zero-order valence-corrected chi connectivity index (χ0v) is 20.9. The van der Waals surface area contributed by atoms with Gasteiger partial charge in [0.25, 0.3) is 0 Å². The van der Waals surface area contributed by atoms with Crippen molar-refractivity contribution in [3.05, 3.63) is 40.6 Å². The fourth-order valence-electron chi connectivity index (χ4n) is 5.33. The number of alkyl halides is 6. The van der Waals surface area contributed by atoms with E-state index in [-0.39, 0.29) is 56.3 Å². The molecule has 0 aromatic heterocycles. The van der Waals surface area contributed by atoms with Crippen molar-refractivity contribution in [1.82, 2.24) is 5.32 Å². The minimum absolute atomic E-state index is 0.0254. The highest BCUT2D eigenvalue weighted by Gasteiger charge is 2.45. The number of ether oxygens (including phenoxy) is 1. The Kier molecular flexibility index (Phi) is 8.24. The number of nitrogens with one attached hydrogen (secondary N) is 1. The van der Waals surface area contributed by atoms with Gasteiger partial charge in [-0.2, -0.15) is 26.3 Å². The van der Waals surface area contributed by atoms with E-state index in [1.807, 2.05) is 0 Å². The van der Waals surface area contributed by atoms with Crippen molar-refractivity contribution >= 4 is 17.4 Å². The summed E-state index contributed by atoms with van der Waals surface area (Å²) in [5.74, 6) is -3.64. The highest BCUT2D eigenvalue weighted by atomic mass is 19.4. The number of hydrogen-bond acceptors (Lipinski definition) is 3. The quantitative estimate of drug-likeness (QED) is 0.376. The van der Waals surface area contributed by atoms with Crippen LogP contribution in [0.4, 0.5) is 26.3 Å². The summed E-state index contributed by atoms with van der Waals surface area (Å²) in [6.45, 7) is 4.63. The molecule has 11 heteroatoms. The fraction of sp³-hybridized carbons (Fsp3) is 0.615. The van der Waals surface area contributed by atoms with Crippen molar-refractivity contribution in [2.75, 3.05) is 0 Å². The van der Waals surface area contributed by atoms with Crippen molar-refractivity contribution in [1.29, 1.82) is 0 Å². The van der Waals surface area contributed by atoms with Crippen molar-refractivity contribution in [2.24, 2.45) is 5.92 Å². The molecule has 2 atom stereocenters. The molecule has 2 unspecified atom stereocenters. The molecule has 37 heavy (non-hydrogen) atoms. The van der Waals surface area contributed by atoms with Crippen LogP contribution in [0.25, 0.3) is 5.57 Å². The van der Waals surface area contributed by atoms with Crippen LogP contribution in [0.2, 0.25) is 0 Å². The predicted octanol–water partition coefficient (Wildman–Crippen LogP) is 6.82. The van der Waals surface area contributed by atoms with E-state index in [0.29, 0.717) is 11.1 Å². The van der Waals surface area contributed by atoms with Gasteiger partial charge in [-0.1, -0.05) is 25.1 Å². The number of carboxylic acid groups (broad SMARTS) is 1. The first-order valence-electron chi connectivity index (χ1n) is 12.2. The number of fused-ring (bicyclic) bond motifs is 1. The molecule has 206 valence electrons. The molecule has 5 nitrogen and oxygen atoms in total. The average Bonchev–Trinajstić information content (AvgIpc) is 2.76. The summed E-state index contributed by atoms with van der Waals surface area (Å²) in [4.78, 5) is 23.0. The number of amides is 1. The largest absolute Gasteiger partial charge is 0.494 e. The molecule has 0 bridgehead atoms. The van der Waals surface area contributed by atoms with Gasteiger partial charge in [0.15, 0.2) is 0 Å². The third-order valence-electron chi connectivity index (χ3n) is 7.28. The van der Waals surface area contributed by atoms with Gasteiger partial charge >= 0.3 is 18.3 Å². The van der Waals surface area contributed by atoms with Crippen LogP contribution in [-0.2, 0) is 19.9 Å². The van der Waals surface area contributed by atoms with Gasteiger partial charge in [-0.3, -0.25) is 9.59 Å². The first-order chi connectivity index (χ1) is 17.0. The molecule has 0 aliphatic heterocycles. The van der Waals surface area contributed by atoms with Gasteiger partial charge in [-0.15, -0.1) is 0 Å². The van der Waals surface area contributed by atoms with Crippen LogP contribution in [0.3, 0.4) is 0 Å². The lowest BCUT2D eigenvalue weighted by atomic mass is 9.78. The number of aliphatic carboxylic acids is 1. The van der Waals surface area contributed by atoms with Crippen molar-refractivity contribution in [2.45, 2.75) is 95.6 Å². The number of carbonyl (C=O) groups is 2. The van der Waals surface area contributed by atoms with E-state index in [2.05, 4.69) is 5.32 Å². The topological polar surface area (TPSA) is 75.6 Å². The number of rotatable bonds is 7. The minimum atomic E-state index is -4.76. The summed E-state index contributed by atoms with van der Waals surface area (Å²) < 4.78 is 87.5. The summed E-state index contributed by atoms with van der Waals surface area (Å²) in [5, 5.41) is 11.8. The van der Waals surface area contributed by atoms with Crippen molar-refractivity contribution < 1.29 is 45.8 Å². The third kappa shape index (κ3) is 6.78. The fourth-order valence-corrected chi connectivity index (χ4v) is 5.33. The molecule has 1 fully saturated rings. The molecule has 0 heterocycles. The number of halogens is 6. The predicted molar refractivity (Wildman–Crippen MR) is 123 cm³/mol. The zero-order valence-electron chi connectivity index (χ0n) is 20.9. The Labute approximate surface area is 211 Å². The first kappa shape index (κ1) is 28.8. The van der Waals surface area contributed by atoms with E-state index in [1.54, 1.807) is 19.9 Å². The van der Waals surface area contributed by atoms with Gasteiger partial charge in [-0.05, 0) is 61.6 Å². The molecule has 1 saturated carbocycles. The van der Waals surface area contributed by atoms with Crippen LogP contribution < -0.4 is 5.32 Å². The SMILES string of the molecule is CC(=O)NC(C)(CCC(=O)O)c1ccc2c(c1)C(C)CC(O[C@H]1CC[C@@H](C(F)(F)F)CC1)=C2C(F)(F)F. The van der Waals surface area contributed by atoms with E-state index >= 15 is 0 Å². The Hall–Kier alpha value is -2.72. The summed E-state index contributed by atoms with van der Waals surface area (Å²) >= 11 is 0. The molecule has 0 radical (unpaired) electrons. The second-order valence-electron chi connectivity index (χ2n) is 10.2. The molecule has 1 aromatic rings. The van der Waals surface area contributed by atoms with E-state index in [0.717, 1.165) is 0 Å². The van der Waals surface area contributed by atoms with Gasteiger partial charge in [-0.25, -0.2) is 0 Å². The molecule has 2 N–H and O–H groups in total. The molecule has 0 spiro atoms. The van der Waals surface area contributed by atoms with Gasteiger partial charge in [0.1, 0.15) is 11.3 Å². The lowest BCUT2D eigenvalue weighted by Crippen LogP contribution is -2.43. The van der Waals surface area contributed by atoms with Crippen LogP contribution in [0.5, 0.6) is 0 Å². The second kappa shape index (κ2) is 10.6. The lowest BCUT2D eigenvalue weighted by molar-refractivity contribution is -0.186. The van der Waals surface area contributed by atoms with Gasteiger partial charge < -0.3 is 15.2 Å². The lowest BCUT2D eigenvalue weighted by Gasteiger charge is -2.36. The van der Waals surface area contributed by atoms with Crippen LogP contribution >= 0.6 is 0 Å². The average molecular weight is 536 g/mol. The Morgan fingerprint density at radius 2 is 1.70 bits per heavy atom. The van der Waals surface area contributed by atoms with Gasteiger partial charge in [0.05, 0.1) is 17.6 Å². The van der Waals surface area contributed by atoms with Crippen LogP contribution in [0.15, 0.2) is 24.0 Å². The normalized spacial score (nSPS) is 24.2. The third-order valence-corrected chi connectivity index (χ3v) is 7.28. The van der Waals surface area contributed by atoms with Crippen molar-refractivity contribution in [3.63, 3.8) is 0 Å². The maximum absolute atomic E-state index is 14.3. The summed E-state index contributed by atoms with van der Waals surface area (Å²) in [7, 11) is 0. The van der Waals surface area contributed by atoms with Gasteiger partial charge in [0, 0.05) is 19.8 Å². The van der Waals surface area contributed by atoms with Gasteiger partial charge in [0.2, 0.25) is 5.91 Å². The molecular formula is C26H31F6NO4. The standard InChI is InChI=1S/C26H31F6NO4/c1-14-12-21(37-18-7-4-16(5-8-18)25(27,28)29)23(26(30,31)32)19-9-6-17(13-20(14)19)24(3,33-15(2)34)11-10-22(35)36/h6,9,13-14,16,18H,4-5,7-8,10-12H2,1-3H3,(H,33,34)(H,35,36)/t14?,16-,18+,24?. The Morgan fingerprint density at radius 3 is 2.22 bits per heavy atom. The van der Waals surface area contributed by atoms with E-state index < -0.39 is 53.3 Å². The summed E-state index contributed by atoms with van der Waals surface area (Å²) in [5.41, 5.74) is -1.29. The molecule has 1 aromatic carbocycles. The Balaban J connectivity index is 1.96. The highest BCUT2D eigenvalue weighted by molar-refractivity contribution is 5.77. The number of benzene rings is 1. The smallest absolute Gasteiger partial charge is 0.420 e. The molecule has 2 aliphatic carbocycles. The molecule has 2 aliphatic rings. The Morgan fingerprint density at radius 1 is 1.08 bits per heavy atom. The number of carbonyl (C=O) groups excluding carboxylic acids is 1. The highest BCUT2D eigenvalue weighted by Crippen LogP contribution is 2.49. The summed E-state index contributed by atoms with van der Waals surface area (Å²) in [6, 6.07) is 4.30. The van der Waals surface area contributed by atoms with Crippen molar-refractivity contribution in [3.8, 4) is 0 Å². The zero-order chi connectivity index (χ0) is 27.8. The molecule has 1 amide bonds. The molecular weight excluding hydrogens is 504 g/mol. The van der Waals surface area contributed by atoms with E-state index in [4.69, 9.17) is 9.84 Å². The number of hydrogen-bond donors (Lipinski definition) is 2.